The van der Waals surface area contributed by atoms with E-state index in [0.29, 0.717) is 5.41 Å². The largest absolute Gasteiger partial charge is 0.394 e. The summed E-state index contributed by atoms with van der Waals surface area (Å²) >= 11 is 0. The fourth-order valence-corrected chi connectivity index (χ4v) is 3.23. The summed E-state index contributed by atoms with van der Waals surface area (Å²) in [5, 5.41) is 13.2. The van der Waals surface area contributed by atoms with Crippen molar-refractivity contribution in [2.24, 2.45) is 5.41 Å². The topological polar surface area (TPSA) is 44.7 Å². The lowest BCUT2D eigenvalue weighted by Crippen LogP contribution is -2.51. The summed E-state index contributed by atoms with van der Waals surface area (Å²) in [6.45, 7) is 8.25. The first-order valence-electron chi connectivity index (χ1n) is 8.48. The van der Waals surface area contributed by atoms with Crippen molar-refractivity contribution in [3.63, 3.8) is 0 Å². The van der Waals surface area contributed by atoms with Crippen molar-refractivity contribution < 1.29 is 9.84 Å². The zero-order chi connectivity index (χ0) is 15.8. The predicted octanol–water partition coefficient (Wildman–Crippen LogP) is 2.27. The average molecular weight is 300 g/mol. The summed E-state index contributed by atoms with van der Waals surface area (Å²) in [6, 6.07) is 0. The summed E-state index contributed by atoms with van der Waals surface area (Å²) < 4.78 is 5.14. The van der Waals surface area contributed by atoms with Crippen LogP contribution in [0.4, 0.5) is 0 Å². The van der Waals surface area contributed by atoms with Gasteiger partial charge in [0.1, 0.15) is 0 Å². The van der Waals surface area contributed by atoms with Gasteiger partial charge in [0, 0.05) is 32.3 Å². The number of ether oxygens (including phenoxy) is 1. The Morgan fingerprint density at radius 1 is 1.19 bits per heavy atom. The fourth-order valence-electron chi connectivity index (χ4n) is 3.23. The van der Waals surface area contributed by atoms with Gasteiger partial charge in [0.15, 0.2) is 0 Å². The van der Waals surface area contributed by atoms with Crippen molar-refractivity contribution in [3.05, 3.63) is 0 Å². The van der Waals surface area contributed by atoms with E-state index in [1.54, 1.807) is 7.11 Å². The highest BCUT2D eigenvalue weighted by molar-refractivity contribution is 4.90. The Bertz CT molecular complexity index is 274. The molecule has 0 unspecified atom stereocenters. The van der Waals surface area contributed by atoms with Crippen molar-refractivity contribution >= 4 is 0 Å². The van der Waals surface area contributed by atoms with Gasteiger partial charge in [-0.3, -0.25) is 4.90 Å². The second-order valence-corrected chi connectivity index (χ2v) is 7.41. The molecule has 4 nitrogen and oxygen atoms in total. The van der Waals surface area contributed by atoms with Crippen LogP contribution in [0.15, 0.2) is 0 Å². The molecule has 0 atom stereocenters. The van der Waals surface area contributed by atoms with Crippen LogP contribution < -0.4 is 5.32 Å². The highest BCUT2D eigenvalue weighted by Crippen LogP contribution is 2.36. The minimum Gasteiger partial charge on any atom is -0.394 e. The van der Waals surface area contributed by atoms with Gasteiger partial charge in [0.25, 0.3) is 0 Å². The summed E-state index contributed by atoms with van der Waals surface area (Å²) in [7, 11) is 3.90. The molecule has 1 rings (SSSR count). The molecule has 1 aliphatic carbocycles. The number of aliphatic hydroxyl groups excluding tert-OH is 1. The van der Waals surface area contributed by atoms with Gasteiger partial charge in [-0.15, -0.1) is 0 Å². The number of rotatable bonds is 9. The lowest BCUT2D eigenvalue weighted by atomic mass is 9.78. The first kappa shape index (κ1) is 18.9. The van der Waals surface area contributed by atoms with Crippen LogP contribution in [0.1, 0.15) is 52.4 Å². The molecule has 0 aromatic carbocycles. The molecule has 0 aromatic heterocycles. The normalized spacial score (nSPS) is 19.7. The van der Waals surface area contributed by atoms with Crippen LogP contribution in [-0.2, 0) is 4.74 Å². The van der Waals surface area contributed by atoms with Gasteiger partial charge in [0.2, 0.25) is 0 Å². The number of likely N-dealkylation sites (N-methyl/N-ethyl adjacent to an activating group) is 1. The average Bonchev–Trinajstić information content (AvgIpc) is 2.69. The van der Waals surface area contributed by atoms with E-state index in [1.165, 1.54) is 38.5 Å². The molecule has 21 heavy (non-hydrogen) atoms. The zero-order valence-corrected chi connectivity index (χ0v) is 14.6. The Kier molecular flexibility index (Phi) is 8.17. The second kappa shape index (κ2) is 9.09. The van der Waals surface area contributed by atoms with Crippen molar-refractivity contribution in [2.75, 3.05) is 47.0 Å². The summed E-state index contributed by atoms with van der Waals surface area (Å²) in [5.74, 6) is 0. The van der Waals surface area contributed by atoms with Crippen LogP contribution in [-0.4, -0.2) is 62.6 Å². The van der Waals surface area contributed by atoms with Crippen LogP contribution in [0.3, 0.4) is 0 Å². The van der Waals surface area contributed by atoms with Crippen LogP contribution in [0, 0.1) is 5.41 Å². The van der Waals surface area contributed by atoms with Crippen LogP contribution >= 0.6 is 0 Å². The standard InChI is InChI=1S/C17H36N2O2/c1-16(2,15-20)19(3)14-17(13-18-11-12-21-4)9-7-5-6-8-10-17/h18,20H,5-15H2,1-4H3. The number of methoxy groups -OCH3 is 1. The van der Waals surface area contributed by atoms with Gasteiger partial charge in [0.05, 0.1) is 13.2 Å². The third-order valence-corrected chi connectivity index (χ3v) is 5.14. The maximum atomic E-state index is 9.61. The quantitative estimate of drug-likeness (QED) is 0.506. The van der Waals surface area contributed by atoms with Gasteiger partial charge in [-0.1, -0.05) is 25.7 Å². The molecule has 0 heterocycles. The van der Waals surface area contributed by atoms with Gasteiger partial charge in [-0.05, 0) is 39.2 Å². The van der Waals surface area contributed by atoms with E-state index in [1.807, 2.05) is 0 Å². The van der Waals surface area contributed by atoms with Crippen LogP contribution in [0.5, 0.6) is 0 Å². The second-order valence-electron chi connectivity index (χ2n) is 7.41. The third-order valence-electron chi connectivity index (χ3n) is 5.14. The van der Waals surface area contributed by atoms with E-state index < -0.39 is 0 Å². The summed E-state index contributed by atoms with van der Waals surface area (Å²) in [5.41, 5.74) is 0.192. The van der Waals surface area contributed by atoms with Crippen molar-refractivity contribution in [1.82, 2.24) is 10.2 Å². The van der Waals surface area contributed by atoms with Crippen molar-refractivity contribution in [1.29, 1.82) is 0 Å². The molecule has 0 aliphatic heterocycles. The molecule has 0 spiro atoms. The molecular weight excluding hydrogens is 264 g/mol. The molecule has 2 N–H and O–H groups in total. The first-order chi connectivity index (χ1) is 9.96. The SMILES string of the molecule is COCCNCC1(CN(C)C(C)(C)CO)CCCCCC1. The molecule has 0 saturated heterocycles. The van der Waals surface area contributed by atoms with Crippen molar-refractivity contribution in [2.45, 2.75) is 57.9 Å². The highest BCUT2D eigenvalue weighted by atomic mass is 16.5. The van der Waals surface area contributed by atoms with E-state index in [-0.39, 0.29) is 12.1 Å². The molecular formula is C17H36N2O2. The van der Waals surface area contributed by atoms with Crippen molar-refractivity contribution in [3.8, 4) is 0 Å². The Hall–Kier alpha value is -0.160. The van der Waals surface area contributed by atoms with E-state index in [2.05, 4.69) is 31.1 Å². The van der Waals surface area contributed by atoms with E-state index in [4.69, 9.17) is 4.74 Å². The van der Waals surface area contributed by atoms with E-state index in [0.717, 1.165) is 26.2 Å². The number of nitrogens with one attached hydrogen (secondary N) is 1. The Balaban J connectivity index is 2.66. The monoisotopic (exact) mass is 300 g/mol. The van der Waals surface area contributed by atoms with Crippen LogP contribution in [0.2, 0.25) is 0 Å². The number of aliphatic hydroxyl groups is 1. The summed E-state index contributed by atoms with van der Waals surface area (Å²) in [4.78, 5) is 2.34. The first-order valence-corrected chi connectivity index (χ1v) is 8.48. The molecule has 1 saturated carbocycles. The lowest BCUT2D eigenvalue weighted by Gasteiger charge is -2.43. The Morgan fingerprint density at radius 3 is 2.33 bits per heavy atom. The van der Waals surface area contributed by atoms with Gasteiger partial charge < -0.3 is 15.2 Å². The molecule has 1 fully saturated rings. The van der Waals surface area contributed by atoms with Gasteiger partial charge in [-0.2, -0.15) is 0 Å². The van der Waals surface area contributed by atoms with E-state index >= 15 is 0 Å². The number of hydrogen-bond donors (Lipinski definition) is 2. The molecule has 4 heteroatoms. The Morgan fingerprint density at radius 2 is 1.81 bits per heavy atom. The van der Waals surface area contributed by atoms with E-state index in [9.17, 15) is 5.11 Å². The molecule has 1 aliphatic rings. The minimum absolute atomic E-state index is 0.147. The third kappa shape index (κ3) is 6.23. The predicted molar refractivity (Wildman–Crippen MR) is 88.7 cm³/mol. The van der Waals surface area contributed by atoms with Crippen LogP contribution in [0.25, 0.3) is 0 Å². The van der Waals surface area contributed by atoms with Gasteiger partial charge >= 0.3 is 0 Å². The maximum absolute atomic E-state index is 9.61. The maximum Gasteiger partial charge on any atom is 0.0609 e. The molecule has 0 radical (unpaired) electrons. The number of nitrogens with zero attached hydrogens (tertiary/aromatic N) is 1. The smallest absolute Gasteiger partial charge is 0.0609 e. The summed E-state index contributed by atoms with van der Waals surface area (Å²) in [6.07, 6.45) is 7.98. The molecule has 126 valence electrons. The highest BCUT2D eigenvalue weighted by Gasteiger charge is 2.35. The fraction of sp³-hybridized carbons (Fsp3) is 1.00. The lowest BCUT2D eigenvalue weighted by molar-refractivity contribution is 0.0337. The Labute approximate surface area is 131 Å². The number of hydrogen-bond acceptors (Lipinski definition) is 4. The minimum atomic E-state index is -0.147. The molecule has 0 amide bonds. The molecule has 0 aromatic rings. The zero-order valence-electron chi connectivity index (χ0n) is 14.6. The van der Waals surface area contributed by atoms with Gasteiger partial charge in [-0.25, -0.2) is 0 Å². The molecule has 0 bridgehead atoms.